The van der Waals surface area contributed by atoms with Crippen LogP contribution in [0.2, 0.25) is 0 Å². The monoisotopic (exact) mass is 558 g/mol. The van der Waals surface area contributed by atoms with Crippen molar-refractivity contribution in [2.45, 2.75) is 123 Å². The Bertz CT molecular complexity index is 1150. The molecule has 2 aromatic carbocycles. The van der Waals surface area contributed by atoms with Crippen LogP contribution in [0, 0.1) is 5.82 Å². The smallest absolute Gasteiger partial charge is 0.173 e. The van der Waals surface area contributed by atoms with Crippen LogP contribution >= 0.6 is 0 Å². The van der Waals surface area contributed by atoms with Gasteiger partial charge in [-0.2, -0.15) is 0 Å². The fraction of sp³-hybridized carbons (Fsp3) is 0.526. The predicted molar refractivity (Wildman–Crippen MR) is 172 cm³/mol. The lowest BCUT2D eigenvalue weighted by Gasteiger charge is -2.25. The van der Waals surface area contributed by atoms with Gasteiger partial charge >= 0.3 is 0 Å². The Morgan fingerprint density at radius 3 is 2.15 bits per heavy atom. The lowest BCUT2D eigenvalue weighted by molar-refractivity contribution is 0.0819. The van der Waals surface area contributed by atoms with Crippen molar-refractivity contribution in [3.8, 4) is 16.9 Å². The molecule has 3 heteroatoms. The zero-order valence-electron chi connectivity index (χ0n) is 25.6. The van der Waals surface area contributed by atoms with Gasteiger partial charge in [-0.1, -0.05) is 120 Å². The molecule has 0 saturated heterocycles. The molecule has 41 heavy (non-hydrogen) atoms. The molecule has 1 fully saturated rings. The minimum Gasteiger partial charge on any atom is -0.495 e. The number of ether oxygens (including phenoxy) is 2. The molecule has 0 bridgehead atoms. The van der Waals surface area contributed by atoms with Crippen molar-refractivity contribution in [2.75, 3.05) is 6.61 Å². The fourth-order valence-electron chi connectivity index (χ4n) is 6.08. The third-order valence-electron chi connectivity index (χ3n) is 8.59. The number of unbranched alkanes of at least 4 members (excludes halogenated alkanes) is 9. The van der Waals surface area contributed by atoms with Crippen LogP contribution in [-0.2, 0) is 4.74 Å². The van der Waals surface area contributed by atoms with Gasteiger partial charge in [-0.15, -0.1) is 0 Å². The number of hydrogen-bond acceptors (Lipinski definition) is 2. The number of halogens is 1. The predicted octanol–water partition coefficient (Wildman–Crippen LogP) is 11.8. The first kappa shape index (κ1) is 31.1. The molecule has 0 radical (unpaired) electrons. The molecule has 2 aromatic rings. The van der Waals surface area contributed by atoms with Crippen molar-refractivity contribution in [1.29, 1.82) is 0 Å². The van der Waals surface area contributed by atoms with Gasteiger partial charge < -0.3 is 9.47 Å². The van der Waals surface area contributed by atoms with Gasteiger partial charge in [-0.05, 0) is 79.9 Å². The van der Waals surface area contributed by atoms with Crippen molar-refractivity contribution < 1.29 is 13.9 Å². The molecule has 0 unspecified atom stereocenters. The van der Waals surface area contributed by atoms with E-state index in [-0.39, 0.29) is 5.82 Å². The average molecular weight is 559 g/mol. The largest absolute Gasteiger partial charge is 0.495 e. The first-order valence-electron chi connectivity index (χ1n) is 16.4. The van der Waals surface area contributed by atoms with Crippen LogP contribution in [0.5, 0.6) is 5.75 Å². The quantitative estimate of drug-likeness (QED) is 0.151. The number of hydrogen-bond donors (Lipinski definition) is 0. The second kappa shape index (κ2) is 17.2. The summed E-state index contributed by atoms with van der Waals surface area (Å²) in [5.74, 6) is 1.08. The standard InChI is InChI=1S/C38H51FO2/c1-3-4-5-6-7-8-9-10-11-18-29-40-36-28-27-35(32-19-14-12-15-20-32)37(38(36)39)33-25-23-31(24-26-33)30(2)41-34-21-16-13-17-22-34/h12,14-15,19-20,23,25-28,34H,3-11,13,16-18,21-22,24,29H2,1-2H3/b31-30-. The van der Waals surface area contributed by atoms with E-state index in [2.05, 4.69) is 26.0 Å². The normalized spacial score (nSPS) is 16.9. The molecule has 4 rings (SSSR count). The molecule has 222 valence electrons. The maximum Gasteiger partial charge on any atom is 0.173 e. The van der Waals surface area contributed by atoms with Gasteiger partial charge in [-0.3, -0.25) is 0 Å². The number of rotatable bonds is 16. The summed E-state index contributed by atoms with van der Waals surface area (Å²) in [4.78, 5) is 0. The van der Waals surface area contributed by atoms with E-state index in [1.165, 1.54) is 76.2 Å². The second-order valence-electron chi connectivity index (χ2n) is 11.9. The highest BCUT2D eigenvalue weighted by atomic mass is 19.1. The average Bonchev–Trinajstić information content (AvgIpc) is 3.01. The van der Waals surface area contributed by atoms with Gasteiger partial charge in [0.25, 0.3) is 0 Å². The van der Waals surface area contributed by atoms with Crippen molar-refractivity contribution >= 4 is 5.57 Å². The Kier molecular flexibility index (Phi) is 13.1. The SMILES string of the molecule is CCCCCCCCCCCCOc1ccc(-c2ccccc2)c(C2=CC/C(=C(/C)OC3CCCCC3)C=C2)c1F. The van der Waals surface area contributed by atoms with Crippen molar-refractivity contribution in [2.24, 2.45) is 0 Å². The van der Waals surface area contributed by atoms with Crippen LogP contribution in [0.4, 0.5) is 4.39 Å². The van der Waals surface area contributed by atoms with E-state index >= 15 is 4.39 Å². The fourth-order valence-corrected chi connectivity index (χ4v) is 6.08. The Balaban J connectivity index is 1.38. The summed E-state index contributed by atoms with van der Waals surface area (Å²) in [6.45, 7) is 4.89. The lowest BCUT2D eigenvalue weighted by atomic mass is 9.89. The summed E-state index contributed by atoms with van der Waals surface area (Å²) in [5, 5.41) is 0. The van der Waals surface area contributed by atoms with Crippen molar-refractivity contribution in [3.05, 3.63) is 83.4 Å². The molecule has 0 heterocycles. The van der Waals surface area contributed by atoms with E-state index < -0.39 is 0 Å². The van der Waals surface area contributed by atoms with Gasteiger partial charge in [0.15, 0.2) is 11.6 Å². The number of allylic oxidation sites excluding steroid dienone is 6. The molecule has 0 spiro atoms. The van der Waals surface area contributed by atoms with E-state index in [1.807, 2.05) is 42.5 Å². The van der Waals surface area contributed by atoms with E-state index in [0.717, 1.165) is 54.6 Å². The van der Waals surface area contributed by atoms with Gasteiger partial charge in [-0.25, -0.2) is 4.39 Å². The molecule has 2 nitrogen and oxygen atoms in total. The summed E-state index contributed by atoms with van der Waals surface area (Å²) in [7, 11) is 0. The van der Waals surface area contributed by atoms with Gasteiger partial charge in [0.05, 0.1) is 18.5 Å². The molecule has 0 amide bonds. The van der Waals surface area contributed by atoms with Crippen LogP contribution in [0.3, 0.4) is 0 Å². The van der Waals surface area contributed by atoms with Crippen molar-refractivity contribution in [3.63, 3.8) is 0 Å². The lowest BCUT2D eigenvalue weighted by Crippen LogP contribution is -2.16. The Morgan fingerprint density at radius 2 is 1.49 bits per heavy atom. The third kappa shape index (κ3) is 9.62. The third-order valence-corrected chi connectivity index (χ3v) is 8.59. The topological polar surface area (TPSA) is 18.5 Å². The second-order valence-corrected chi connectivity index (χ2v) is 11.9. The van der Waals surface area contributed by atoms with Crippen LogP contribution < -0.4 is 4.74 Å². The molecule has 2 aliphatic rings. The molecule has 0 aromatic heterocycles. The van der Waals surface area contributed by atoms with Crippen LogP contribution in [0.15, 0.2) is 72.0 Å². The van der Waals surface area contributed by atoms with E-state index in [0.29, 0.717) is 24.0 Å². The summed E-state index contributed by atoms with van der Waals surface area (Å²) < 4.78 is 28.5. The van der Waals surface area contributed by atoms with E-state index in [1.54, 1.807) is 6.07 Å². The summed E-state index contributed by atoms with van der Waals surface area (Å²) >= 11 is 0. The van der Waals surface area contributed by atoms with Crippen molar-refractivity contribution in [1.82, 2.24) is 0 Å². The molecular formula is C38H51FO2. The van der Waals surface area contributed by atoms with Crippen LogP contribution in [0.25, 0.3) is 16.7 Å². The molecule has 0 N–H and O–H groups in total. The first-order valence-corrected chi connectivity index (χ1v) is 16.4. The maximum atomic E-state index is 16.1. The molecule has 1 saturated carbocycles. The minimum atomic E-state index is -0.267. The molecule has 0 atom stereocenters. The number of benzene rings is 2. The van der Waals surface area contributed by atoms with Gasteiger partial charge in [0, 0.05) is 5.56 Å². The zero-order valence-corrected chi connectivity index (χ0v) is 25.6. The summed E-state index contributed by atoms with van der Waals surface area (Å²) in [6, 6.07) is 13.9. The Labute approximate surface area is 248 Å². The van der Waals surface area contributed by atoms with E-state index in [4.69, 9.17) is 9.47 Å². The Hall–Kier alpha value is -2.81. The highest BCUT2D eigenvalue weighted by molar-refractivity contribution is 5.87. The Morgan fingerprint density at radius 1 is 0.805 bits per heavy atom. The zero-order chi connectivity index (χ0) is 28.7. The first-order chi connectivity index (χ1) is 20.2. The molecule has 0 aliphatic heterocycles. The molecule has 2 aliphatic carbocycles. The summed E-state index contributed by atoms with van der Waals surface area (Å²) in [6.07, 6.45) is 26.2. The van der Waals surface area contributed by atoms with Crippen LogP contribution in [-0.4, -0.2) is 12.7 Å². The summed E-state index contributed by atoms with van der Waals surface area (Å²) in [5.41, 5.74) is 4.61. The van der Waals surface area contributed by atoms with Crippen LogP contribution in [0.1, 0.15) is 122 Å². The molecular weight excluding hydrogens is 507 g/mol. The van der Waals surface area contributed by atoms with Gasteiger partial charge in [0.1, 0.15) is 0 Å². The maximum absolute atomic E-state index is 16.1. The minimum absolute atomic E-state index is 0.267. The highest BCUT2D eigenvalue weighted by Crippen LogP contribution is 2.38. The highest BCUT2D eigenvalue weighted by Gasteiger charge is 2.21. The van der Waals surface area contributed by atoms with E-state index in [9.17, 15) is 0 Å². The van der Waals surface area contributed by atoms with Gasteiger partial charge in [0.2, 0.25) is 0 Å².